The number of hydrogen-bond acceptors (Lipinski definition) is 3. The number of hydrogen-bond donors (Lipinski definition) is 2. The molecule has 0 radical (unpaired) electrons. The molecule has 0 atom stereocenters. The fourth-order valence-electron chi connectivity index (χ4n) is 1.92. The third kappa shape index (κ3) is 3.22. The summed E-state index contributed by atoms with van der Waals surface area (Å²) in [6.45, 7) is 0.454. The van der Waals surface area contributed by atoms with Gasteiger partial charge in [-0.15, -0.1) is 0 Å². The summed E-state index contributed by atoms with van der Waals surface area (Å²) in [5, 5.41) is 3.81. The molecule has 2 rings (SSSR count). The van der Waals surface area contributed by atoms with Gasteiger partial charge in [-0.3, -0.25) is 4.79 Å². The molecule has 0 saturated heterocycles. The Morgan fingerprint density at radius 2 is 2.05 bits per heavy atom. The van der Waals surface area contributed by atoms with Crippen LogP contribution in [0.2, 0.25) is 5.02 Å². The van der Waals surface area contributed by atoms with Crippen molar-refractivity contribution < 1.29 is 9.53 Å². The van der Waals surface area contributed by atoms with E-state index in [1.807, 2.05) is 12.1 Å². The minimum Gasteiger partial charge on any atom is -0.495 e. The van der Waals surface area contributed by atoms with E-state index in [0.717, 1.165) is 11.3 Å². The molecule has 0 heterocycles. The highest BCUT2D eigenvalue weighted by Gasteiger charge is 2.08. The van der Waals surface area contributed by atoms with E-state index in [1.54, 1.807) is 37.4 Å². The topological polar surface area (TPSA) is 64.3 Å². The second-order valence-electron chi connectivity index (χ2n) is 4.22. The summed E-state index contributed by atoms with van der Waals surface area (Å²) in [7, 11) is 1.59. The van der Waals surface area contributed by atoms with E-state index in [9.17, 15) is 4.79 Å². The number of rotatable bonds is 5. The second kappa shape index (κ2) is 6.30. The first-order chi connectivity index (χ1) is 9.61. The zero-order valence-corrected chi connectivity index (χ0v) is 11.8. The number of carbonyl (C=O) groups excluding carboxylic acids is 1. The number of benzene rings is 2. The van der Waals surface area contributed by atoms with Crippen LogP contribution in [0.25, 0.3) is 0 Å². The quantitative estimate of drug-likeness (QED) is 0.889. The van der Waals surface area contributed by atoms with Gasteiger partial charge in [0.15, 0.2) is 0 Å². The van der Waals surface area contributed by atoms with Gasteiger partial charge < -0.3 is 15.8 Å². The van der Waals surface area contributed by atoms with E-state index in [0.29, 0.717) is 22.9 Å². The van der Waals surface area contributed by atoms with Gasteiger partial charge in [-0.05, 0) is 29.8 Å². The smallest absolute Gasteiger partial charge is 0.249 e. The van der Waals surface area contributed by atoms with Crippen molar-refractivity contribution in [1.82, 2.24) is 0 Å². The van der Waals surface area contributed by atoms with Gasteiger partial charge in [-0.25, -0.2) is 0 Å². The van der Waals surface area contributed by atoms with E-state index < -0.39 is 5.91 Å². The number of nitrogens with two attached hydrogens (primary N) is 1. The molecule has 0 aromatic heterocycles. The van der Waals surface area contributed by atoms with Gasteiger partial charge in [-0.1, -0.05) is 29.8 Å². The summed E-state index contributed by atoms with van der Waals surface area (Å²) in [5.74, 6) is 0.242. The summed E-state index contributed by atoms with van der Waals surface area (Å²) in [4.78, 5) is 11.4. The standard InChI is InChI=1S/C15H15ClN2O2/c1-20-14-7-6-11(16)8-13(14)18-9-10-4-2-3-5-12(10)15(17)19/h2-8,18H,9H2,1H3,(H2,17,19). The Morgan fingerprint density at radius 3 is 2.75 bits per heavy atom. The first-order valence-corrected chi connectivity index (χ1v) is 6.44. The van der Waals surface area contributed by atoms with Gasteiger partial charge in [0, 0.05) is 17.1 Å². The largest absolute Gasteiger partial charge is 0.495 e. The molecule has 0 unspecified atom stereocenters. The number of primary amides is 1. The highest BCUT2D eigenvalue weighted by molar-refractivity contribution is 6.30. The minimum absolute atomic E-state index is 0.444. The molecular weight excluding hydrogens is 276 g/mol. The lowest BCUT2D eigenvalue weighted by molar-refractivity contribution is 0.0999. The van der Waals surface area contributed by atoms with Crippen LogP contribution in [0.3, 0.4) is 0 Å². The number of ether oxygens (including phenoxy) is 1. The van der Waals surface area contributed by atoms with Crippen LogP contribution >= 0.6 is 11.6 Å². The maximum atomic E-state index is 11.4. The number of nitrogens with one attached hydrogen (secondary N) is 1. The average molecular weight is 291 g/mol. The van der Waals surface area contributed by atoms with Gasteiger partial charge >= 0.3 is 0 Å². The monoisotopic (exact) mass is 290 g/mol. The van der Waals surface area contributed by atoms with Crippen LogP contribution in [0.5, 0.6) is 5.75 Å². The van der Waals surface area contributed by atoms with Crippen molar-refractivity contribution in [1.29, 1.82) is 0 Å². The molecule has 0 aliphatic heterocycles. The van der Waals surface area contributed by atoms with E-state index in [4.69, 9.17) is 22.1 Å². The highest BCUT2D eigenvalue weighted by Crippen LogP contribution is 2.28. The maximum Gasteiger partial charge on any atom is 0.249 e. The lowest BCUT2D eigenvalue weighted by Crippen LogP contribution is -2.15. The van der Waals surface area contributed by atoms with E-state index >= 15 is 0 Å². The molecule has 1 amide bonds. The highest BCUT2D eigenvalue weighted by atomic mass is 35.5. The second-order valence-corrected chi connectivity index (χ2v) is 4.66. The van der Waals surface area contributed by atoms with Crippen molar-refractivity contribution in [2.24, 2.45) is 5.73 Å². The molecule has 0 saturated carbocycles. The summed E-state index contributed by atoms with van der Waals surface area (Å²) >= 11 is 5.97. The van der Waals surface area contributed by atoms with Crippen LogP contribution in [0, 0.1) is 0 Å². The molecule has 0 aliphatic rings. The Hall–Kier alpha value is -2.20. The van der Waals surface area contributed by atoms with Crippen molar-refractivity contribution in [3.05, 3.63) is 58.6 Å². The number of carbonyl (C=O) groups is 1. The SMILES string of the molecule is COc1ccc(Cl)cc1NCc1ccccc1C(N)=O. The predicted octanol–water partition coefficient (Wildman–Crippen LogP) is 3.06. The van der Waals surface area contributed by atoms with Crippen molar-refractivity contribution in [2.45, 2.75) is 6.54 Å². The summed E-state index contributed by atoms with van der Waals surface area (Å²) in [6.07, 6.45) is 0. The van der Waals surface area contributed by atoms with Gasteiger partial charge in [0.1, 0.15) is 5.75 Å². The molecule has 104 valence electrons. The van der Waals surface area contributed by atoms with E-state index in [2.05, 4.69) is 5.32 Å². The van der Waals surface area contributed by atoms with Gasteiger partial charge in [-0.2, -0.15) is 0 Å². The zero-order chi connectivity index (χ0) is 14.5. The van der Waals surface area contributed by atoms with Crippen LogP contribution in [0.4, 0.5) is 5.69 Å². The van der Waals surface area contributed by atoms with E-state index in [-0.39, 0.29) is 0 Å². The Labute approximate surface area is 122 Å². The lowest BCUT2D eigenvalue weighted by Gasteiger charge is -2.13. The molecule has 2 aromatic rings. The van der Waals surface area contributed by atoms with Crippen molar-refractivity contribution in [3.63, 3.8) is 0 Å². The lowest BCUT2D eigenvalue weighted by atomic mass is 10.1. The third-order valence-corrected chi connectivity index (χ3v) is 3.15. The fourth-order valence-corrected chi connectivity index (χ4v) is 2.10. The number of halogens is 1. The van der Waals surface area contributed by atoms with Crippen LogP contribution in [0.1, 0.15) is 15.9 Å². The zero-order valence-electron chi connectivity index (χ0n) is 11.0. The van der Waals surface area contributed by atoms with Gasteiger partial charge in [0.2, 0.25) is 5.91 Å². The number of anilines is 1. The van der Waals surface area contributed by atoms with Crippen LogP contribution < -0.4 is 15.8 Å². The van der Waals surface area contributed by atoms with Crippen molar-refractivity contribution >= 4 is 23.2 Å². The van der Waals surface area contributed by atoms with Crippen LogP contribution in [-0.4, -0.2) is 13.0 Å². The molecule has 2 aromatic carbocycles. The van der Waals surface area contributed by atoms with Crippen molar-refractivity contribution in [2.75, 3.05) is 12.4 Å². The Kier molecular flexibility index (Phi) is 4.48. The average Bonchev–Trinajstić information content (AvgIpc) is 2.45. The predicted molar refractivity (Wildman–Crippen MR) is 80.3 cm³/mol. The molecule has 4 nitrogen and oxygen atoms in total. The fraction of sp³-hybridized carbons (Fsp3) is 0.133. The Balaban J connectivity index is 2.21. The summed E-state index contributed by atoms with van der Waals surface area (Å²) in [6, 6.07) is 12.5. The number of amides is 1. The molecule has 0 fully saturated rings. The number of methoxy groups -OCH3 is 1. The maximum absolute atomic E-state index is 11.4. The Morgan fingerprint density at radius 1 is 1.30 bits per heavy atom. The minimum atomic E-state index is -0.444. The molecular formula is C15H15ClN2O2. The summed E-state index contributed by atoms with van der Waals surface area (Å²) in [5.41, 5.74) is 7.44. The third-order valence-electron chi connectivity index (χ3n) is 2.91. The van der Waals surface area contributed by atoms with E-state index in [1.165, 1.54) is 0 Å². The first kappa shape index (κ1) is 14.2. The normalized spacial score (nSPS) is 10.1. The van der Waals surface area contributed by atoms with Crippen molar-refractivity contribution in [3.8, 4) is 5.75 Å². The molecule has 5 heteroatoms. The summed E-state index contributed by atoms with van der Waals surface area (Å²) < 4.78 is 5.25. The molecule has 3 N–H and O–H groups in total. The molecule has 0 spiro atoms. The molecule has 0 aliphatic carbocycles. The Bertz CT molecular complexity index is 629. The van der Waals surface area contributed by atoms with Gasteiger partial charge in [0.05, 0.1) is 12.8 Å². The van der Waals surface area contributed by atoms with Crippen LogP contribution in [-0.2, 0) is 6.54 Å². The first-order valence-electron chi connectivity index (χ1n) is 6.07. The molecule has 20 heavy (non-hydrogen) atoms. The van der Waals surface area contributed by atoms with Gasteiger partial charge in [0.25, 0.3) is 0 Å². The molecule has 0 bridgehead atoms. The van der Waals surface area contributed by atoms with Crippen LogP contribution in [0.15, 0.2) is 42.5 Å².